The molecule has 1 heterocycles. The van der Waals surface area contributed by atoms with Crippen molar-refractivity contribution in [3.8, 4) is 5.69 Å². The molecule has 7 heteroatoms. The molecule has 1 atom stereocenters. The predicted molar refractivity (Wildman–Crippen MR) is 91.7 cm³/mol. The van der Waals surface area contributed by atoms with Crippen molar-refractivity contribution in [2.45, 2.75) is 46.3 Å². The molecule has 0 aliphatic rings. The van der Waals surface area contributed by atoms with Gasteiger partial charge in [-0.05, 0) is 42.9 Å². The standard InChI is InChI=1S/C17H22F3N3.ClH/c1-10(2)5-15(21)13-6-11(3)16(12(4)7-13)23-9-14(8-22-23)17(18,19)20;/h6-10,15H,5,21H2,1-4H3;1H. The van der Waals surface area contributed by atoms with Crippen molar-refractivity contribution in [1.29, 1.82) is 0 Å². The van der Waals surface area contributed by atoms with Gasteiger partial charge in [0.25, 0.3) is 0 Å². The number of aryl methyl sites for hydroxylation is 2. The maximum atomic E-state index is 12.7. The number of alkyl halides is 3. The van der Waals surface area contributed by atoms with E-state index in [0.29, 0.717) is 11.6 Å². The Hall–Kier alpha value is -1.53. The van der Waals surface area contributed by atoms with Crippen molar-refractivity contribution in [1.82, 2.24) is 9.78 Å². The van der Waals surface area contributed by atoms with Crippen molar-refractivity contribution in [3.63, 3.8) is 0 Å². The maximum Gasteiger partial charge on any atom is 0.419 e. The Morgan fingerprint density at radius 1 is 1.17 bits per heavy atom. The summed E-state index contributed by atoms with van der Waals surface area (Å²) in [7, 11) is 0. The zero-order valence-corrected chi connectivity index (χ0v) is 15.0. The van der Waals surface area contributed by atoms with Crippen LogP contribution in [0.1, 0.15) is 48.6 Å². The third-order valence-corrected chi connectivity index (χ3v) is 3.81. The van der Waals surface area contributed by atoms with Gasteiger partial charge in [0.1, 0.15) is 0 Å². The molecule has 0 spiro atoms. The van der Waals surface area contributed by atoms with E-state index < -0.39 is 11.7 Å². The van der Waals surface area contributed by atoms with Crippen LogP contribution in [-0.4, -0.2) is 9.78 Å². The number of hydrogen-bond donors (Lipinski definition) is 1. The number of aromatic nitrogens is 2. The summed E-state index contributed by atoms with van der Waals surface area (Å²) >= 11 is 0. The third kappa shape index (κ3) is 4.51. The minimum absolute atomic E-state index is 0. The van der Waals surface area contributed by atoms with E-state index in [4.69, 9.17) is 5.73 Å². The fourth-order valence-corrected chi connectivity index (χ4v) is 2.80. The molecule has 1 aromatic carbocycles. The molecule has 134 valence electrons. The monoisotopic (exact) mass is 361 g/mol. The Bertz CT molecular complexity index is 670. The van der Waals surface area contributed by atoms with E-state index in [0.717, 1.165) is 35.5 Å². The molecule has 2 N–H and O–H groups in total. The highest BCUT2D eigenvalue weighted by molar-refractivity contribution is 5.85. The Morgan fingerprint density at radius 2 is 1.71 bits per heavy atom. The fraction of sp³-hybridized carbons (Fsp3) is 0.471. The summed E-state index contributed by atoms with van der Waals surface area (Å²) in [6.07, 6.45) is -1.67. The highest BCUT2D eigenvalue weighted by Crippen LogP contribution is 2.31. The number of nitrogens with two attached hydrogens (primary N) is 1. The number of nitrogens with zero attached hydrogens (tertiary/aromatic N) is 2. The Labute approximate surface area is 146 Å². The minimum atomic E-state index is -4.39. The molecule has 0 aliphatic heterocycles. The Morgan fingerprint density at radius 3 is 2.12 bits per heavy atom. The van der Waals surface area contributed by atoms with E-state index in [-0.39, 0.29) is 18.4 Å². The highest BCUT2D eigenvalue weighted by atomic mass is 35.5. The first kappa shape index (κ1) is 20.5. The quantitative estimate of drug-likeness (QED) is 0.835. The lowest BCUT2D eigenvalue weighted by Crippen LogP contribution is -2.14. The molecule has 1 unspecified atom stereocenters. The van der Waals surface area contributed by atoms with Crippen LogP contribution in [0.2, 0.25) is 0 Å². The van der Waals surface area contributed by atoms with Gasteiger partial charge in [-0.2, -0.15) is 18.3 Å². The second kappa shape index (κ2) is 7.57. The summed E-state index contributed by atoms with van der Waals surface area (Å²) in [4.78, 5) is 0. The number of hydrogen-bond acceptors (Lipinski definition) is 2. The molecular formula is C17H23ClF3N3. The second-order valence-corrected chi connectivity index (χ2v) is 6.41. The molecule has 3 nitrogen and oxygen atoms in total. The van der Waals surface area contributed by atoms with E-state index >= 15 is 0 Å². The van der Waals surface area contributed by atoms with Gasteiger partial charge in [-0.3, -0.25) is 0 Å². The van der Waals surface area contributed by atoms with Gasteiger partial charge >= 0.3 is 6.18 Å². The van der Waals surface area contributed by atoms with Crippen LogP contribution in [0.5, 0.6) is 0 Å². The van der Waals surface area contributed by atoms with Crippen LogP contribution in [0.15, 0.2) is 24.5 Å². The van der Waals surface area contributed by atoms with Crippen LogP contribution in [0.4, 0.5) is 13.2 Å². The third-order valence-electron chi connectivity index (χ3n) is 3.81. The summed E-state index contributed by atoms with van der Waals surface area (Å²) in [5, 5.41) is 3.86. The van der Waals surface area contributed by atoms with Crippen molar-refractivity contribution < 1.29 is 13.2 Å². The molecule has 0 bridgehead atoms. The topological polar surface area (TPSA) is 43.8 Å². The molecular weight excluding hydrogens is 339 g/mol. The van der Waals surface area contributed by atoms with E-state index in [1.165, 1.54) is 4.68 Å². The van der Waals surface area contributed by atoms with Gasteiger partial charge in [0.2, 0.25) is 0 Å². The van der Waals surface area contributed by atoms with Gasteiger partial charge in [0.15, 0.2) is 0 Å². The highest BCUT2D eigenvalue weighted by Gasteiger charge is 2.32. The fourth-order valence-electron chi connectivity index (χ4n) is 2.80. The number of halogens is 4. The van der Waals surface area contributed by atoms with Gasteiger partial charge in [0, 0.05) is 12.2 Å². The Balaban J connectivity index is 0.00000288. The molecule has 24 heavy (non-hydrogen) atoms. The zero-order chi connectivity index (χ0) is 17.4. The lowest BCUT2D eigenvalue weighted by atomic mass is 9.94. The molecule has 0 saturated carbocycles. The Kier molecular flexibility index (Phi) is 6.47. The van der Waals surface area contributed by atoms with Gasteiger partial charge in [0.05, 0.1) is 17.4 Å². The number of benzene rings is 1. The van der Waals surface area contributed by atoms with Crippen LogP contribution in [-0.2, 0) is 6.18 Å². The van der Waals surface area contributed by atoms with Crippen LogP contribution >= 0.6 is 12.4 Å². The van der Waals surface area contributed by atoms with Gasteiger partial charge in [-0.1, -0.05) is 26.0 Å². The van der Waals surface area contributed by atoms with Crippen molar-refractivity contribution in [2.75, 3.05) is 0 Å². The van der Waals surface area contributed by atoms with Crippen molar-refractivity contribution in [2.24, 2.45) is 11.7 Å². The molecule has 0 radical (unpaired) electrons. The molecule has 0 fully saturated rings. The average Bonchev–Trinajstić information content (AvgIpc) is 2.86. The smallest absolute Gasteiger partial charge is 0.324 e. The van der Waals surface area contributed by atoms with Crippen LogP contribution < -0.4 is 5.73 Å². The molecule has 0 saturated heterocycles. The first-order valence-corrected chi connectivity index (χ1v) is 7.58. The molecule has 2 aromatic rings. The lowest BCUT2D eigenvalue weighted by Gasteiger charge is -2.18. The van der Waals surface area contributed by atoms with E-state index in [9.17, 15) is 13.2 Å². The summed E-state index contributed by atoms with van der Waals surface area (Å²) < 4.78 is 39.5. The summed E-state index contributed by atoms with van der Waals surface area (Å²) in [6.45, 7) is 7.94. The molecule has 1 aromatic heterocycles. The molecule has 0 amide bonds. The van der Waals surface area contributed by atoms with Crippen LogP contribution in [0.3, 0.4) is 0 Å². The predicted octanol–water partition coefficient (Wildman–Crippen LogP) is 4.98. The van der Waals surface area contributed by atoms with Gasteiger partial charge in [-0.15, -0.1) is 12.4 Å². The molecule has 2 rings (SSSR count). The lowest BCUT2D eigenvalue weighted by molar-refractivity contribution is -0.137. The first-order chi connectivity index (χ1) is 10.6. The largest absolute Gasteiger partial charge is 0.419 e. The van der Waals surface area contributed by atoms with Crippen LogP contribution in [0, 0.1) is 19.8 Å². The van der Waals surface area contributed by atoms with Crippen molar-refractivity contribution in [3.05, 3.63) is 46.8 Å². The summed E-state index contributed by atoms with van der Waals surface area (Å²) in [5.41, 5.74) is 8.84. The maximum absolute atomic E-state index is 12.7. The average molecular weight is 362 g/mol. The van der Waals surface area contributed by atoms with E-state index in [2.05, 4.69) is 18.9 Å². The zero-order valence-electron chi connectivity index (χ0n) is 14.2. The number of rotatable bonds is 4. The van der Waals surface area contributed by atoms with E-state index in [1.807, 2.05) is 26.0 Å². The van der Waals surface area contributed by atoms with Crippen LogP contribution in [0.25, 0.3) is 5.69 Å². The SMILES string of the molecule is Cc1cc(C(N)CC(C)C)cc(C)c1-n1cc(C(F)(F)F)cn1.Cl. The summed E-state index contributed by atoms with van der Waals surface area (Å²) in [6, 6.07) is 3.79. The normalized spacial score (nSPS) is 13.0. The summed E-state index contributed by atoms with van der Waals surface area (Å²) in [5.74, 6) is 0.478. The molecule has 0 aliphatic carbocycles. The minimum Gasteiger partial charge on any atom is -0.324 e. The van der Waals surface area contributed by atoms with Crippen molar-refractivity contribution >= 4 is 12.4 Å². The van der Waals surface area contributed by atoms with Gasteiger partial charge in [-0.25, -0.2) is 4.68 Å². The van der Waals surface area contributed by atoms with E-state index in [1.54, 1.807) is 0 Å². The van der Waals surface area contributed by atoms with Gasteiger partial charge < -0.3 is 5.73 Å². The first-order valence-electron chi connectivity index (χ1n) is 7.58. The second-order valence-electron chi connectivity index (χ2n) is 6.41.